The molecule has 3 aliphatic rings. The zero-order valence-electron chi connectivity index (χ0n) is 67.4. The van der Waals surface area contributed by atoms with Crippen LogP contribution in [0.1, 0.15) is 72.2 Å². The molecule has 0 atom stereocenters. The average molecular weight is 1550 g/mol. The van der Waals surface area contributed by atoms with Crippen LogP contribution in [0.3, 0.4) is 0 Å². The molecule has 4 aromatic heterocycles. The minimum Gasteiger partial charge on any atom is -0.399 e. The van der Waals surface area contributed by atoms with Crippen LogP contribution in [0, 0.1) is 0 Å². The second-order valence-corrected chi connectivity index (χ2v) is 33.5. The monoisotopic (exact) mass is 1550 g/mol. The predicted molar refractivity (Wildman–Crippen MR) is 502 cm³/mol. The third-order valence-electron chi connectivity index (χ3n) is 26.4. The normalized spacial score (nSPS) is 14.5. The highest BCUT2D eigenvalue weighted by molar-refractivity contribution is 6.62. The molecular formula is C114H79BN4O2. The van der Waals surface area contributed by atoms with Crippen molar-refractivity contribution in [3.63, 3.8) is 0 Å². The molecule has 0 bridgehead atoms. The van der Waals surface area contributed by atoms with Gasteiger partial charge in [0.1, 0.15) is 0 Å². The molecule has 7 heteroatoms. The standard InChI is InChI=1S/C70H43N3.C44H36BNO2/c1-4-19-44(20-5-1)62-39-37-45-35-36-46-38-40-64(73-69(46)68(45)71-62)66-55-31-12-10-29-53(55)65(54-30-11-13-32-56(54)66)47-21-18-22-48(41-47)67-59-42-58-51-27-14-16-33-60(51)70(49-23-6-2-7-24-49,50-25-8-3-9-26-50)61(58)43-57(59)52-28-15-17-34-63(52)72-67;1-42(2)43(3,4)48-45(47-42)32-21-15-16-29(26-32)41-37-27-36-33-22-11-13-24-38(33)44(30-17-7-5-8-18-30,31-19-9-6-10-20-31)39(36)28-35(37)34-23-12-14-25-40(34)46-41/h1-43H;5-28H,1-4H3. The van der Waals surface area contributed by atoms with Gasteiger partial charge in [-0.15, -0.1) is 0 Å². The molecule has 1 aliphatic heterocycles. The SMILES string of the molecule is CC1(C)OB(c2cccc(-c3nc4ccccc4c4cc5c(cc34)-c3ccccc3C5(c3ccccc3)c3ccccc3)c2)OC1(C)C.c1ccc(-c2ccc3ccc4ccc(-c5c6ccccc6c(-c6cccc(-c7nc8ccccc8c8cc9c(cc78)-c7ccccc7C9(c7ccccc7)c7ccccc7)c6)c6ccccc56)nc4c3n2)cc1. The van der Waals surface area contributed by atoms with Gasteiger partial charge in [0.15, 0.2) is 0 Å². The zero-order chi connectivity index (χ0) is 80.7. The van der Waals surface area contributed by atoms with Crippen LogP contribution in [0.4, 0.5) is 0 Å². The maximum atomic E-state index is 6.46. The quantitative estimate of drug-likeness (QED) is 0.0772. The Morgan fingerprint density at radius 3 is 1.06 bits per heavy atom. The van der Waals surface area contributed by atoms with Gasteiger partial charge in [0.2, 0.25) is 0 Å². The Kier molecular flexibility index (Phi) is 16.6. The molecule has 0 radical (unpaired) electrons. The Morgan fingerprint density at radius 2 is 0.587 bits per heavy atom. The van der Waals surface area contributed by atoms with Crippen LogP contribution in [0.25, 0.3) is 165 Å². The van der Waals surface area contributed by atoms with Crippen molar-refractivity contribution in [2.45, 2.75) is 49.7 Å². The molecule has 0 unspecified atom stereocenters. The molecule has 2 aliphatic carbocycles. The largest absolute Gasteiger partial charge is 0.494 e. The van der Waals surface area contributed by atoms with Gasteiger partial charge in [-0.2, -0.15) is 0 Å². The van der Waals surface area contributed by atoms with E-state index in [2.05, 4.69) is 428 Å². The molecule has 1 fully saturated rings. The van der Waals surface area contributed by atoms with Gasteiger partial charge in [-0.1, -0.05) is 352 Å². The van der Waals surface area contributed by atoms with Gasteiger partial charge in [-0.05, 0) is 198 Å². The van der Waals surface area contributed by atoms with Gasteiger partial charge in [0.25, 0.3) is 0 Å². The van der Waals surface area contributed by atoms with E-state index < -0.39 is 29.2 Å². The lowest BCUT2D eigenvalue weighted by Gasteiger charge is -2.34. The van der Waals surface area contributed by atoms with Crippen LogP contribution < -0.4 is 5.46 Å². The van der Waals surface area contributed by atoms with Gasteiger partial charge in [0, 0.05) is 54.6 Å². The van der Waals surface area contributed by atoms with Crippen molar-refractivity contribution in [2.24, 2.45) is 0 Å². The molecule has 6 nitrogen and oxygen atoms in total. The number of aromatic nitrogens is 4. The summed E-state index contributed by atoms with van der Waals surface area (Å²) in [6.07, 6.45) is 0. The van der Waals surface area contributed by atoms with E-state index in [0.717, 1.165) is 121 Å². The Morgan fingerprint density at radius 1 is 0.231 bits per heavy atom. The van der Waals surface area contributed by atoms with Crippen molar-refractivity contribution >= 4 is 99.3 Å². The van der Waals surface area contributed by atoms with Crippen LogP contribution >= 0.6 is 0 Å². The number of benzene rings is 17. The molecule has 24 rings (SSSR count). The third-order valence-corrected chi connectivity index (χ3v) is 26.4. The Balaban J connectivity index is 0.000000154. The van der Waals surface area contributed by atoms with E-state index in [1.165, 1.54) is 93.9 Å². The van der Waals surface area contributed by atoms with Gasteiger partial charge >= 0.3 is 7.12 Å². The number of pyridine rings is 4. The lowest BCUT2D eigenvalue weighted by atomic mass is 9.67. The van der Waals surface area contributed by atoms with Gasteiger partial charge in [-0.3, -0.25) is 0 Å². The summed E-state index contributed by atoms with van der Waals surface area (Å²) in [5.41, 5.74) is 28.5. The first-order chi connectivity index (χ1) is 59.5. The summed E-state index contributed by atoms with van der Waals surface area (Å²) in [6, 6.07) is 148. The highest BCUT2D eigenvalue weighted by atomic mass is 16.7. The number of fused-ring (bicyclic) bond motifs is 17. The molecular weight excluding hydrogens is 1470 g/mol. The first-order valence-corrected chi connectivity index (χ1v) is 41.9. The fourth-order valence-electron chi connectivity index (χ4n) is 20.2. The Hall–Kier alpha value is -14.6. The summed E-state index contributed by atoms with van der Waals surface area (Å²) in [4.78, 5) is 21.7. The molecule has 21 aromatic rings. The maximum absolute atomic E-state index is 6.46. The predicted octanol–water partition coefficient (Wildman–Crippen LogP) is 27.5. The summed E-state index contributed by atoms with van der Waals surface area (Å²) < 4.78 is 12.9. The summed E-state index contributed by atoms with van der Waals surface area (Å²) in [5.74, 6) is 0. The number of hydrogen-bond acceptors (Lipinski definition) is 6. The van der Waals surface area contributed by atoms with Crippen molar-refractivity contribution < 1.29 is 9.31 Å². The zero-order valence-corrected chi connectivity index (χ0v) is 67.4. The summed E-state index contributed by atoms with van der Waals surface area (Å²) in [7, 11) is -0.449. The fourth-order valence-corrected chi connectivity index (χ4v) is 20.2. The summed E-state index contributed by atoms with van der Waals surface area (Å²) >= 11 is 0. The summed E-state index contributed by atoms with van der Waals surface area (Å²) in [5, 5.41) is 13.7. The van der Waals surface area contributed by atoms with Crippen molar-refractivity contribution in [1.82, 2.24) is 19.9 Å². The molecule has 0 amide bonds. The number of hydrogen-bond donors (Lipinski definition) is 0. The Bertz CT molecular complexity index is 7640. The minimum atomic E-state index is -0.514. The third kappa shape index (κ3) is 11.2. The molecule has 17 aromatic carbocycles. The lowest BCUT2D eigenvalue weighted by molar-refractivity contribution is 0.00578. The average Bonchev–Trinajstić information content (AvgIpc) is 1.53. The molecule has 570 valence electrons. The van der Waals surface area contributed by atoms with Crippen molar-refractivity contribution in [2.75, 3.05) is 0 Å². The molecule has 121 heavy (non-hydrogen) atoms. The van der Waals surface area contributed by atoms with Crippen LogP contribution in [-0.4, -0.2) is 38.3 Å². The van der Waals surface area contributed by atoms with Gasteiger partial charge in [0.05, 0.1) is 66.9 Å². The van der Waals surface area contributed by atoms with Gasteiger partial charge < -0.3 is 9.31 Å². The van der Waals surface area contributed by atoms with Gasteiger partial charge in [-0.25, -0.2) is 19.9 Å². The van der Waals surface area contributed by atoms with E-state index in [1.54, 1.807) is 0 Å². The van der Waals surface area contributed by atoms with Crippen molar-refractivity contribution in [3.05, 3.63) is 451 Å². The second kappa shape index (κ2) is 28.0. The smallest absolute Gasteiger partial charge is 0.399 e. The number of nitrogens with zero attached hydrogens (tertiary/aromatic N) is 4. The highest BCUT2D eigenvalue weighted by Gasteiger charge is 2.52. The lowest BCUT2D eigenvalue weighted by Crippen LogP contribution is -2.41. The first kappa shape index (κ1) is 71.7. The van der Waals surface area contributed by atoms with E-state index in [9.17, 15) is 0 Å². The molecule has 0 N–H and O–H groups in total. The second-order valence-electron chi connectivity index (χ2n) is 33.5. The first-order valence-electron chi connectivity index (χ1n) is 41.9. The topological polar surface area (TPSA) is 70.0 Å². The van der Waals surface area contributed by atoms with E-state index in [-0.39, 0.29) is 0 Å². The highest BCUT2D eigenvalue weighted by Crippen LogP contribution is 2.60. The Labute approximate surface area is 702 Å². The van der Waals surface area contributed by atoms with Crippen LogP contribution in [0.5, 0.6) is 0 Å². The van der Waals surface area contributed by atoms with E-state index >= 15 is 0 Å². The fraction of sp³-hybridized carbons (Fsp3) is 0.0702. The van der Waals surface area contributed by atoms with Crippen LogP contribution in [0.2, 0.25) is 0 Å². The van der Waals surface area contributed by atoms with E-state index in [0.29, 0.717) is 0 Å². The van der Waals surface area contributed by atoms with E-state index in [1.807, 2.05) is 6.07 Å². The van der Waals surface area contributed by atoms with Crippen LogP contribution in [-0.2, 0) is 20.1 Å². The van der Waals surface area contributed by atoms with Crippen LogP contribution in [0.15, 0.2) is 406 Å². The minimum absolute atomic E-state index is 0.417. The number of rotatable bonds is 10. The molecule has 1 saturated heterocycles. The summed E-state index contributed by atoms with van der Waals surface area (Å²) in [6.45, 7) is 8.38. The van der Waals surface area contributed by atoms with E-state index in [4.69, 9.17) is 29.2 Å². The maximum Gasteiger partial charge on any atom is 0.494 e. The van der Waals surface area contributed by atoms with Crippen molar-refractivity contribution in [1.29, 1.82) is 0 Å². The number of para-hydroxylation sites is 2. The molecule has 0 spiro atoms. The molecule has 0 saturated carbocycles. The van der Waals surface area contributed by atoms with Crippen molar-refractivity contribution in [3.8, 4) is 78.4 Å². The molecule has 5 heterocycles.